The van der Waals surface area contributed by atoms with Gasteiger partial charge in [-0.3, -0.25) is 4.68 Å². The quantitative estimate of drug-likeness (QED) is 0.871. The Hall–Kier alpha value is -1.61. The lowest BCUT2D eigenvalue weighted by Crippen LogP contribution is -2.13. The number of nitrogens with zero attached hydrogens (tertiary/aromatic N) is 2. The number of rotatable bonds is 3. The number of nitrogens with two attached hydrogens (primary N) is 1. The van der Waals surface area contributed by atoms with E-state index in [-0.39, 0.29) is 0 Å². The van der Waals surface area contributed by atoms with Crippen LogP contribution in [0.5, 0.6) is 0 Å². The molecule has 1 aromatic carbocycles. The minimum Gasteiger partial charge on any atom is -0.329 e. The van der Waals surface area contributed by atoms with E-state index >= 15 is 0 Å². The molecule has 1 aliphatic carbocycles. The van der Waals surface area contributed by atoms with Gasteiger partial charge in [-0.05, 0) is 19.3 Å². The third-order valence-corrected chi connectivity index (χ3v) is 3.39. The molecule has 0 spiro atoms. The predicted molar refractivity (Wildman–Crippen MR) is 68.7 cm³/mol. The fourth-order valence-electron chi connectivity index (χ4n) is 2.64. The van der Waals surface area contributed by atoms with Crippen molar-refractivity contribution in [3.8, 4) is 11.3 Å². The highest BCUT2D eigenvalue weighted by Gasteiger charge is 2.22. The minimum atomic E-state index is 0.655. The van der Waals surface area contributed by atoms with Crippen LogP contribution in [-0.2, 0) is 19.4 Å². The van der Waals surface area contributed by atoms with E-state index in [0.29, 0.717) is 6.54 Å². The second-order valence-corrected chi connectivity index (χ2v) is 4.51. The second kappa shape index (κ2) is 4.34. The van der Waals surface area contributed by atoms with E-state index in [1.165, 1.54) is 23.2 Å². The van der Waals surface area contributed by atoms with Gasteiger partial charge in [-0.2, -0.15) is 5.10 Å². The van der Waals surface area contributed by atoms with E-state index in [0.717, 1.165) is 25.1 Å². The zero-order chi connectivity index (χ0) is 11.7. The molecular weight excluding hydrogens is 210 g/mol. The molecule has 3 rings (SSSR count). The van der Waals surface area contributed by atoms with Crippen molar-refractivity contribution in [3.63, 3.8) is 0 Å². The van der Waals surface area contributed by atoms with Crippen LogP contribution in [-0.4, -0.2) is 16.3 Å². The normalized spacial score (nSPS) is 13.9. The van der Waals surface area contributed by atoms with Gasteiger partial charge in [0, 0.05) is 23.4 Å². The van der Waals surface area contributed by atoms with Gasteiger partial charge in [0.05, 0.1) is 12.2 Å². The largest absolute Gasteiger partial charge is 0.329 e. The molecule has 2 N–H and O–H groups in total. The molecule has 0 radical (unpaired) electrons. The van der Waals surface area contributed by atoms with Gasteiger partial charge < -0.3 is 5.73 Å². The van der Waals surface area contributed by atoms with E-state index in [1.54, 1.807) is 0 Å². The van der Waals surface area contributed by atoms with Gasteiger partial charge in [0.25, 0.3) is 0 Å². The smallest absolute Gasteiger partial charge is 0.0958 e. The Morgan fingerprint density at radius 2 is 2.00 bits per heavy atom. The second-order valence-electron chi connectivity index (χ2n) is 4.51. The van der Waals surface area contributed by atoms with Crippen LogP contribution in [0.1, 0.15) is 17.7 Å². The third kappa shape index (κ3) is 1.76. The molecule has 1 aliphatic rings. The summed E-state index contributed by atoms with van der Waals surface area (Å²) in [6.45, 7) is 1.48. The van der Waals surface area contributed by atoms with E-state index < -0.39 is 0 Å². The third-order valence-electron chi connectivity index (χ3n) is 3.39. The van der Waals surface area contributed by atoms with Crippen molar-refractivity contribution in [1.29, 1.82) is 0 Å². The summed E-state index contributed by atoms with van der Waals surface area (Å²) in [5, 5.41) is 4.73. The highest BCUT2D eigenvalue weighted by Crippen LogP contribution is 2.31. The zero-order valence-electron chi connectivity index (χ0n) is 9.89. The van der Waals surface area contributed by atoms with Crippen molar-refractivity contribution in [1.82, 2.24) is 9.78 Å². The molecule has 17 heavy (non-hydrogen) atoms. The number of aromatic nitrogens is 2. The van der Waals surface area contributed by atoms with E-state index in [1.807, 2.05) is 6.07 Å². The van der Waals surface area contributed by atoms with Crippen molar-refractivity contribution in [2.45, 2.75) is 25.8 Å². The first-order valence-electron chi connectivity index (χ1n) is 6.24. The number of benzene rings is 1. The maximum Gasteiger partial charge on any atom is 0.0958 e. The lowest BCUT2D eigenvalue weighted by atomic mass is 10.1. The summed E-state index contributed by atoms with van der Waals surface area (Å²) in [4.78, 5) is 0. The Kier molecular flexibility index (Phi) is 2.69. The molecule has 0 unspecified atom stereocenters. The molecule has 0 fully saturated rings. The summed E-state index contributed by atoms with van der Waals surface area (Å²) < 4.78 is 2.10. The van der Waals surface area contributed by atoms with Gasteiger partial charge in [-0.25, -0.2) is 0 Å². The molecule has 0 amide bonds. The lowest BCUT2D eigenvalue weighted by Gasteiger charge is -2.02. The maximum atomic E-state index is 5.64. The summed E-state index contributed by atoms with van der Waals surface area (Å²) in [6, 6.07) is 10.4. The first-order valence-corrected chi connectivity index (χ1v) is 6.24. The van der Waals surface area contributed by atoms with Gasteiger partial charge in [0.1, 0.15) is 0 Å². The molecular formula is C14H17N3. The molecule has 1 heterocycles. The van der Waals surface area contributed by atoms with Crippen LogP contribution >= 0.6 is 0 Å². The van der Waals surface area contributed by atoms with E-state index in [4.69, 9.17) is 10.8 Å². The number of hydrogen-bond donors (Lipinski definition) is 1. The number of fused-ring (bicyclic) bond motifs is 1. The predicted octanol–water partition coefficient (Wildman–Crippen LogP) is 2.00. The van der Waals surface area contributed by atoms with Crippen LogP contribution < -0.4 is 5.73 Å². The van der Waals surface area contributed by atoms with Crippen molar-refractivity contribution in [2.24, 2.45) is 5.73 Å². The molecule has 3 nitrogen and oxygen atoms in total. The Balaban J connectivity index is 2.09. The molecule has 0 saturated heterocycles. The molecule has 0 saturated carbocycles. The van der Waals surface area contributed by atoms with Crippen LogP contribution in [0.2, 0.25) is 0 Å². The van der Waals surface area contributed by atoms with E-state index in [2.05, 4.69) is 28.9 Å². The standard InChI is InChI=1S/C14H17N3/c15-9-10-17-13-8-4-7-12(13)14(16-17)11-5-2-1-3-6-11/h1-3,5-6H,4,7-10,15H2. The lowest BCUT2D eigenvalue weighted by molar-refractivity contribution is 0.596. The van der Waals surface area contributed by atoms with Crippen molar-refractivity contribution >= 4 is 0 Å². The Morgan fingerprint density at radius 3 is 2.76 bits per heavy atom. The van der Waals surface area contributed by atoms with Gasteiger partial charge in [0.15, 0.2) is 0 Å². The zero-order valence-corrected chi connectivity index (χ0v) is 9.89. The Morgan fingerprint density at radius 1 is 1.18 bits per heavy atom. The molecule has 2 aromatic rings. The Bertz CT molecular complexity index is 514. The highest BCUT2D eigenvalue weighted by atomic mass is 15.3. The topological polar surface area (TPSA) is 43.8 Å². The minimum absolute atomic E-state index is 0.655. The van der Waals surface area contributed by atoms with Crippen molar-refractivity contribution < 1.29 is 0 Å². The average molecular weight is 227 g/mol. The van der Waals surface area contributed by atoms with Gasteiger partial charge >= 0.3 is 0 Å². The molecule has 3 heteroatoms. The van der Waals surface area contributed by atoms with Crippen molar-refractivity contribution in [2.75, 3.05) is 6.54 Å². The molecule has 1 aromatic heterocycles. The van der Waals surface area contributed by atoms with Crippen LogP contribution in [0.15, 0.2) is 30.3 Å². The first-order chi connectivity index (χ1) is 8.40. The fraction of sp³-hybridized carbons (Fsp3) is 0.357. The maximum absolute atomic E-state index is 5.64. The van der Waals surface area contributed by atoms with Crippen LogP contribution in [0, 0.1) is 0 Å². The van der Waals surface area contributed by atoms with Crippen LogP contribution in [0.25, 0.3) is 11.3 Å². The summed E-state index contributed by atoms with van der Waals surface area (Å²) in [6.07, 6.45) is 3.55. The highest BCUT2D eigenvalue weighted by molar-refractivity contribution is 5.64. The van der Waals surface area contributed by atoms with Crippen LogP contribution in [0.4, 0.5) is 0 Å². The number of hydrogen-bond acceptors (Lipinski definition) is 2. The first kappa shape index (κ1) is 10.5. The monoisotopic (exact) mass is 227 g/mol. The molecule has 88 valence electrons. The van der Waals surface area contributed by atoms with Gasteiger partial charge in [-0.1, -0.05) is 30.3 Å². The summed E-state index contributed by atoms with van der Waals surface area (Å²) >= 11 is 0. The van der Waals surface area contributed by atoms with Gasteiger partial charge in [-0.15, -0.1) is 0 Å². The summed E-state index contributed by atoms with van der Waals surface area (Å²) in [5.74, 6) is 0. The SMILES string of the molecule is NCCn1nc(-c2ccccc2)c2c1CCC2. The van der Waals surface area contributed by atoms with Gasteiger partial charge in [0.2, 0.25) is 0 Å². The Labute approximate surface area is 101 Å². The molecule has 0 aliphatic heterocycles. The van der Waals surface area contributed by atoms with E-state index in [9.17, 15) is 0 Å². The summed E-state index contributed by atoms with van der Waals surface area (Å²) in [5.41, 5.74) is 10.9. The van der Waals surface area contributed by atoms with Crippen molar-refractivity contribution in [3.05, 3.63) is 41.6 Å². The molecule has 0 atom stereocenters. The molecule has 0 bridgehead atoms. The fourth-order valence-corrected chi connectivity index (χ4v) is 2.64. The summed E-state index contributed by atoms with van der Waals surface area (Å²) in [7, 11) is 0. The average Bonchev–Trinajstić information content (AvgIpc) is 2.94. The van der Waals surface area contributed by atoms with Crippen LogP contribution in [0.3, 0.4) is 0 Å².